The number of sulfone groups is 2. The zero-order valence-electron chi connectivity index (χ0n) is 65.2. The summed E-state index contributed by atoms with van der Waals surface area (Å²) < 4.78 is 113. The summed E-state index contributed by atoms with van der Waals surface area (Å²) in [7, 11) is -6.92. The van der Waals surface area contributed by atoms with E-state index < -0.39 is 37.1 Å². The maximum Gasteiger partial charge on any atom is 0.229 e. The monoisotopic (exact) mass is 1690 g/mol. The van der Waals surface area contributed by atoms with E-state index in [1.54, 1.807) is 13.8 Å². The van der Waals surface area contributed by atoms with Gasteiger partial charge in [-0.1, -0.05) is 156 Å². The molecule has 8 bridgehead atoms. The van der Waals surface area contributed by atoms with Crippen molar-refractivity contribution in [2.75, 3.05) is 65.4 Å². The van der Waals surface area contributed by atoms with Gasteiger partial charge in [-0.3, -0.25) is 24.4 Å². The lowest BCUT2D eigenvalue weighted by Crippen LogP contribution is -2.58. The molecule has 24 nitrogen and oxygen atoms in total. The Labute approximate surface area is 691 Å². The number of hydrogen-bond donors (Lipinski definition) is 2. The van der Waals surface area contributed by atoms with E-state index in [1.807, 2.05) is 25.1 Å². The van der Waals surface area contributed by atoms with Crippen molar-refractivity contribution in [3.05, 3.63) is 243 Å². The minimum atomic E-state index is -3.53. The number of aromatic hydroxyl groups is 1. The van der Waals surface area contributed by atoms with Crippen molar-refractivity contribution in [3.63, 3.8) is 0 Å². The Kier molecular flexibility index (Phi) is 30.7. The molecular weight excluding hydrogens is 1590 g/mol. The molecule has 17 rings (SSSR count). The van der Waals surface area contributed by atoms with E-state index in [1.165, 1.54) is 53.4 Å². The molecule has 618 valence electrons. The summed E-state index contributed by atoms with van der Waals surface area (Å²) in [5.41, 5.74) is 7.35. The van der Waals surface area contributed by atoms with Crippen LogP contribution in [0.4, 0.5) is 8.78 Å². The summed E-state index contributed by atoms with van der Waals surface area (Å²) in [4.78, 5) is 45.4. The van der Waals surface area contributed by atoms with Gasteiger partial charge >= 0.3 is 0 Å². The quantitative estimate of drug-likeness (QED) is 0.0850. The van der Waals surface area contributed by atoms with Gasteiger partial charge in [-0.25, -0.2) is 55.5 Å². The van der Waals surface area contributed by atoms with Gasteiger partial charge in [0.25, 0.3) is 0 Å². The smallest absolute Gasteiger partial charge is 0.229 e. The first-order valence-electron chi connectivity index (χ1n) is 38.6. The molecule has 0 spiro atoms. The van der Waals surface area contributed by atoms with Crippen LogP contribution in [-0.4, -0.2) is 214 Å². The van der Waals surface area contributed by atoms with Crippen LogP contribution in [0.25, 0.3) is 0 Å². The molecule has 11 atom stereocenters. The molecule has 7 unspecified atom stereocenters. The molecule has 0 radical (unpaired) electrons. The van der Waals surface area contributed by atoms with E-state index >= 15 is 0 Å². The van der Waals surface area contributed by atoms with Crippen LogP contribution in [0.15, 0.2) is 186 Å². The number of rotatable bonds is 16. The molecule has 9 aromatic rings. The fourth-order valence-corrected chi connectivity index (χ4v) is 17.3. The van der Waals surface area contributed by atoms with Crippen molar-refractivity contribution in [3.8, 4) is 29.1 Å². The number of morpholine rings is 4. The zero-order valence-corrected chi connectivity index (χ0v) is 69.1. The first-order valence-corrected chi connectivity index (χ1v) is 43.5. The normalized spacial score (nSPS) is 23.8. The zero-order chi connectivity index (χ0) is 82.0. The highest BCUT2D eigenvalue weighted by Gasteiger charge is 2.43. The average Bonchev–Trinajstić information content (AvgIpc) is 0.786. The van der Waals surface area contributed by atoms with Gasteiger partial charge in [0.1, 0.15) is 52.4 Å². The Morgan fingerprint density at radius 2 is 0.741 bits per heavy atom. The van der Waals surface area contributed by atoms with Crippen LogP contribution >= 0.6 is 34.8 Å². The standard InChI is InChI=1S/C26H28FN3O5S.C19H22ClN3O2.C14H19NO2.C14H17NO2.C7H7FO3S.C5H4Cl2N2/c1-17-25(28-16-29-26(17)35-24-9-8-22(12-23(24)27)36(2,31)32)34-21-10-19-14-33-15-20(11-21)30(19)13-18-6-4-3-5-7-18;1-13-18(20)21-12-22-19(13)25-17-7-15-10-24-11-16(8-17)23(15)9-14-5-3-2-4-6-14;2*16-14-6-12-9-17-10-13(7-14)15(12)8-11-4-2-1-3-5-11;1-12(10,11)5-2-3-7(9)6(8)4-5;1-3-4(6)8-2-9-5(3)7/h3-9,12,16,19-21H,10-11,13-15H2,1-2H3;2-6,12,15-17H,7-11H2,1H3;1-5,12-14,16H,6-10H2;1-5,12-13H,6-10H2;2-4,9H,1H3;2H,1H3/t19-,20?,21?;15-,16?,17?;12-,13?,14?;12-,13?;;/m1111../s1. The summed E-state index contributed by atoms with van der Waals surface area (Å²) in [6.45, 7) is 14.9. The molecule has 31 heteroatoms. The maximum absolute atomic E-state index is 14.5. The molecule has 3 aromatic heterocycles. The molecule has 8 fully saturated rings. The van der Waals surface area contributed by atoms with Gasteiger partial charge < -0.3 is 43.4 Å². The number of carbonyl (C=O) groups is 1. The predicted molar refractivity (Wildman–Crippen MR) is 434 cm³/mol. The molecular formula is C85H97Cl3F2N10O14S2. The average molecular weight is 1690 g/mol. The first kappa shape index (κ1) is 87.0. The highest BCUT2D eigenvalue weighted by atomic mass is 35.5. The van der Waals surface area contributed by atoms with Crippen molar-refractivity contribution in [1.29, 1.82) is 0 Å². The molecule has 0 aliphatic carbocycles. The number of hydrogen-bond acceptors (Lipinski definition) is 24. The third-order valence-corrected chi connectivity index (χ3v) is 25.0. The molecule has 0 amide bonds. The van der Waals surface area contributed by atoms with E-state index in [2.05, 4.69) is 153 Å². The second-order valence-electron chi connectivity index (χ2n) is 30.1. The topological polar surface area (TPSA) is 281 Å². The number of ether oxygens (including phenoxy) is 7. The lowest BCUT2D eigenvalue weighted by atomic mass is 9.91. The van der Waals surface area contributed by atoms with E-state index in [0.29, 0.717) is 102 Å². The molecule has 8 saturated heterocycles. The fourth-order valence-electron chi connectivity index (χ4n) is 15.5. The number of carbonyl (C=O) groups excluding carboxylic acids is 1. The van der Waals surface area contributed by atoms with Crippen LogP contribution in [0.3, 0.4) is 0 Å². The lowest BCUT2D eigenvalue weighted by Gasteiger charge is -2.48. The number of piperidine rings is 4. The third kappa shape index (κ3) is 24.0. The van der Waals surface area contributed by atoms with E-state index in [0.717, 1.165) is 139 Å². The van der Waals surface area contributed by atoms with Crippen molar-refractivity contribution in [1.82, 2.24) is 49.5 Å². The number of Topliss-reactive ketones (excluding diaryl/α,β-unsaturated/α-hetero) is 1. The minimum Gasteiger partial charge on any atom is -0.505 e. The largest absolute Gasteiger partial charge is 0.505 e. The minimum absolute atomic E-state index is 0.0526. The second-order valence-corrected chi connectivity index (χ2v) is 35.2. The Bertz CT molecular complexity index is 4890. The summed E-state index contributed by atoms with van der Waals surface area (Å²) in [5.74, 6) is -0.883. The molecule has 8 aliphatic rings. The Morgan fingerprint density at radius 1 is 0.422 bits per heavy atom. The summed E-state index contributed by atoms with van der Waals surface area (Å²) in [6, 6.07) is 51.1. The predicted octanol–water partition coefficient (Wildman–Crippen LogP) is 13.2. The SMILES string of the molecule is CS(=O)(=O)c1ccc(O)c(F)c1.Cc1c(Cl)ncnc1Cl.Cc1c(Cl)ncnc1OC1CC2COC[C@@H](C1)N2Cc1ccccc1.Cc1c(Oc2ccc(S(C)(=O)=O)cc2F)ncnc1OC1CC2COC[C@@H](C1)N2Cc1ccccc1.O=C1CC2COC[C@@H](C1)N2Cc1ccccc1.OC1CC2COC[C@@H](C1)N2Cc1ccccc1. The number of aromatic nitrogens is 6. The first-order chi connectivity index (χ1) is 55.8. The molecule has 8 aliphatic heterocycles. The highest BCUT2D eigenvalue weighted by molar-refractivity contribution is 7.91. The summed E-state index contributed by atoms with van der Waals surface area (Å²) in [6.07, 6.45) is 12.5. The van der Waals surface area contributed by atoms with Crippen molar-refractivity contribution >= 4 is 60.3 Å². The van der Waals surface area contributed by atoms with Gasteiger partial charge in [0.15, 0.2) is 42.8 Å². The number of nitrogens with zero attached hydrogens (tertiary/aromatic N) is 10. The van der Waals surface area contributed by atoms with Gasteiger partial charge in [-0.2, -0.15) is 0 Å². The number of fused-ring (bicyclic) bond motifs is 8. The number of phenolic OH excluding ortho intramolecular Hbond substituents is 1. The van der Waals surface area contributed by atoms with Crippen LogP contribution in [0.5, 0.6) is 29.1 Å². The Balaban J connectivity index is 0.000000136. The van der Waals surface area contributed by atoms with E-state index in [9.17, 15) is 35.5 Å². The number of ketones is 1. The number of benzene rings is 6. The highest BCUT2D eigenvalue weighted by Crippen LogP contribution is 2.38. The molecule has 6 aromatic carbocycles. The fraction of sp³-hybridized carbons (Fsp3) is 0.424. The van der Waals surface area contributed by atoms with Gasteiger partial charge in [-0.05, 0) is 92.3 Å². The van der Waals surface area contributed by atoms with E-state index in [4.69, 9.17) is 73.1 Å². The molecule has 2 N–H and O–H groups in total. The lowest BCUT2D eigenvalue weighted by molar-refractivity contribution is -0.136. The number of halogens is 5. The van der Waals surface area contributed by atoms with Gasteiger partial charge in [0.2, 0.25) is 17.6 Å². The Morgan fingerprint density at radius 3 is 1.11 bits per heavy atom. The van der Waals surface area contributed by atoms with Crippen molar-refractivity contribution < 1.29 is 73.8 Å². The van der Waals surface area contributed by atoms with Crippen LogP contribution in [0.1, 0.15) is 90.3 Å². The maximum atomic E-state index is 14.5. The number of phenols is 1. The number of aliphatic hydroxyl groups excluding tert-OH is 1. The summed E-state index contributed by atoms with van der Waals surface area (Å²) >= 11 is 17.2. The van der Waals surface area contributed by atoms with Gasteiger partial charge in [0, 0.05) is 137 Å². The van der Waals surface area contributed by atoms with Crippen molar-refractivity contribution in [2.24, 2.45) is 0 Å². The van der Waals surface area contributed by atoms with E-state index in [-0.39, 0.29) is 63.9 Å². The number of aliphatic hydroxyl groups is 1. The van der Waals surface area contributed by atoms with Crippen LogP contribution in [0.2, 0.25) is 15.5 Å². The summed E-state index contributed by atoms with van der Waals surface area (Å²) in [5, 5.41) is 19.8. The van der Waals surface area contributed by atoms with Crippen LogP contribution in [-0.2, 0) is 69.6 Å². The van der Waals surface area contributed by atoms with Gasteiger partial charge in [-0.15, -0.1) is 0 Å². The molecule has 11 heterocycles. The van der Waals surface area contributed by atoms with Gasteiger partial charge in [0.05, 0.1) is 74.3 Å². The molecule has 0 saturated carbocycles. The second kappa shape index (κ2) is 40.9. The van der Waals surface area contributed by atoms with Crippen LogP contribution < -0.4 is 14.2 Å². The molecule has 116 heavy (non-hydrogen) atoms. The van der Waals surface area contributed by atoms with Crippen LogP contribution in [0, 0.1) is 32.4 Å². The van der Waals surface area contributed by atoms with Crippen molar-refractivity contribution in [2.45, 2.75) is 175 Å². The third-order valence-electron chi connectivity index (χ3n) is 21.6. The Hall–Kier alpha value is -8.30.